The predicted octanol–water partition coefficient (Wildman–Crippen LogP) is 4.28. The minimum atomic E-state index is 0. The normalized spacial score (nSPS) is 3.60. The van der Waals surface area contributed by atoms with Crippen molar-refractivity contribution in [3.8, 4) is 0 Å². The summed E-state index contributed by atoms with van der Waals surface area (Å²) < 4.78 is 0. The molecule has 0 saturated heterocycles. The molecule has 2 heteroatoms. The molecule has 0 nitrogen and oxygen atoms in total. The summed E-state index contributed by atoms with van der Waals surface area (Å²) in [5.41, 5.74) is 0. The van der Waals surface area contributed by atoms with E-state index in [2.05, 4.69) is 20.1 Å². The van der Waals surface area contributed by atoms with E-state index in [1.54, 1.807) is 18.7 Å². The molecule has 0 heterocycles. The van der Waals surface area contributed by atoms with Crippen molar-refractivity contribution in [2.24, 2.45) is 0 Å². The van der Waals surface area contributed by atoms with Crippen LogP contribution in [0.1, 0.15) is 36.1 Å². The molecule has 0 spiro atoms. The third kappa shape index (κ3) is 112. The van der Waals surface area contributed by atoms with Gasteiger partial charge in [0.1, 0.15) is 0 Å². The average molecular weight is 241 g/mol. The van der Waals surface area contributed by atoms with Crippen LogP contribution in [0.5, 0.6) is 0 Å². The smallest absolute Gasteiger partial charge is 0 e. The molecule has 0 aromatic rings. The maximum atomic E-state index is 3.52. The molecule has 0 aromatic heterocycles. The van der Waals surface area contributed by atoms with Crippen molar-refractivity contribution < 1.29 is 32.7 Å². The summed E-state index contributed by atoms with van der Waals surface area (Å²) in [5, 5.41) is 0. The number of rotatable bonds is 1. The number of hydrogen-bond donors (Lipinski definition) is 0. The zero-order chi connectivity index (χ0) is 5.41. The van der Waals surface area contributed by atoms with E-state index in [4.69, 9.17) is 0 Å². The monoisotopic (exact) mass is 241 g/mol. The Labute approximate surface area is 98.8 Å². The maximum absolute atomic E-state index is 3.52. The Bertz CT molecular complexity index is 11.2. The number of thioether (sulfide) groups is 1. The molecular formula is C8H24SY-2. The van der Waals surface area contributed by atoms with Gasteiger partial charge in [0.2, 0.25) is 0 Å². The van der Waals surface area contributed by atoms with Crippen LogP contribution in [0.2, 0.25) is 0 Å². The van der Waals surface area contributed by atoms with E-state index in [1.807, 2.05) is 0 Å². The van der Waals surface area contributed by atoms with Crippen LogP contribution in [0.4, 0.5) is 0 Å². The van der Waals surface area contributed by atoms with Crippen molar-refractivity contribution in [2.45, 2.75) is 36.1 Å². The maximum Gasteiger partial charge on any atom is 0 e. The molecule has 0 rings (SSSR count). The Morgan fingerprint density at radius 1 is 1.10 bits per heavy atom. The van der Waals surface area contributed by atoms with Gasteiger partial charge in [-0.1, -0.05) is 29.2 Å². The van der Waals surface area contributed by atoms with Crippen molar-refractivity contribution in [1.82, 2.24) is 0 Å². The predicted molar refractivity (Wildman–Crippen MR) is 54.7 cm³/mol. The van der Waals surface area contributed by atoms with E-state index < -0.39 is 0 Å². The van der Waals surface area contributed by atoms with Gasteiger partial charge >= 0.3 is 0 Å². The molecule has 0 bridgehead atoms. The average Bonchev–Trinajstić information content (AvgIpc) is 1.72. The van der Waals surface area contributed by atoms with Crippen LogP contribution < -0.4 is 0 Å². The van der Waals surface area contributed by atoms with Crippen molar-refractivity contribution in [3.63, 3.8) is 0 Å². The summed E-state index contributed by atoms with van der Waals surface area (Å²) in [7, 11) is 0. The molecule has 0 unspecified atom stereocenters. The van der Waals surface area contributed by atoms with Crippen molar-refractivity contribution in [1.29, 1.82) is 0 Å². The molecule has 0 aliphatic carbocycles. The van der Waals surface area contributed by atoms with Crippen LogP contribution in [0.3, 0.4) is 0 Å². The molecule has 10 heavy (non-hydrogen) atoms. The minimum absolute atomic E-state index is 0. The van der Waals surface area contributed by atoms with E-state index in [-0.39, 0.29) is 55.0 Å². The third-order valence-corrected chi connectivity index (χ3v) is 0.612. The first kappa shape index (κ1) is 42.1. The standard InChI is InChI=1S/C3H7S.C2H5.3CH4.Y/c1-3-4-2;1-2;;;;/h2-3H2,1H3;1H2,2H3;3*1H4;/q2*-1;;;;. The second-order valence-electron chi connectivity index (χ2n) is 0.493. The van der Waals surface area contributed by atoms with Gasteiger partial charge in [-0.3, -0.25) is 6.26 Å². The first-order valence-corrected chi connectivity index (χ1v) is 3.15. The minimum Gasteiger partial charge on any atom is -0.354 e. The summed E-state index contributed by atoms with van der Waals surface area (Å²) in [5.74, 6) is 1.12. The largest absolute Gasteiger partial charge is 0.354 e. The number of hydrogen-bond acceptors (Lipinski definition) is 1. The Balaban J connectivity index is -0.00000000625. The molecule has 0 amide bonds. The second-order valence-corrected chi connectivity index (χ2v) is 1.48. The molecule has 0 aliphatic rings. The fourth-order valence-electron chi connectivity index (χ4n) is 0. The van der Waals surface area contributed by atoms with Gasteiger partial charge in [0.15, 0.2) is 0 Å². The Kier molecular flexibility index (Phi) is 330. The van der Waals surface area contributed by atoms with E-state index >= 15 is 0 Å². The second kappa shape index (κ2) is 78.3. The Morgan fingerprint density at radius 2 is 1.20 bits per heavy atom. The fourth-order valence-corrected chi connectivity index (χ4v) is 0. The zero-order valence-corrected chi connectivity index (χ0v) is 8.76. The topological polar surface area (TPSA) is 0 Å². The summed E-state index contributed by atoms with van der Waals surface area (Å²) in [6.45, 7) is 7.08. The SMILES string of the molecule is C.C.C.[CH2-]C.[CH2-]SCC.[Y]. The van der Waals surface area contributed by atoms with Gasteiger partial charge in [-0.05, 0) is 5.75 Å². The van der Waals surface area contributed by atoms with Crippen LogP contribution >= 0.6 is 11.8 Å². The van der Waals surface area contributed by atoms with E-state index in [1.165, 1.54) is 0 Å². The summed E-state index contributed by atoms with van der Waals surface area (Å²) in [6.07, 6.45) is 3.52. The molecule has 0 N–H and O–H groups in total. The third-order valence-electron chi connectivity index (χ3n) is 0.204. The summed E-state index contributed by atoms with van der Waals surface area (Å²) >= 11 is 1.61. The van der Waals surface area contributed by atoms with Gasteiger partial charge in [0.05, 0.1) is 0 Å². The molecule has 1 radical (unpaired) electrons. The quantitative estimate of drug-likeness (QED) is 0.617. The van der Waals surface area contributed by atoms with Crippen LogP contribution in [0, 0.1) is 13.2 Å². The Hall–Kier alpha value is 1.45. The first-order valence-electron chi connectivity index (χ1n) is 1.99. The van der Waals surface area contributed by atoms with Gasteiger partial charge < -0.3 is 18.7 Å². The fraction of sp³-hybridized carbons (Fsp3) is 0.750. The molecular weight excluding hydrogens is 217 g/mol. The summed E-state index contributed by atoms with van der Waals surface area (Å²) in [6, 6.07) is 0. The van der Waals surface area contributed by atoms with Crippen LogP contribution in [-0.4, -0.2) is 5.75 Å². The zero-order valence-electron chi connectivity index (χ0n) is 5.11. The first-order chi connectivity index (χ1) is 2.91. The van der Waals surface area contributed by atoms with Crippen LogP contribution in [-0.2, 0) is 32.7 Å². The van der Waals surface area contributed by atoms with Gasteiger partial charge in [-0.25, -0.2) is 0 Å². The van der Waals surface area contributed by atoms with E-state index in [0.29, 0.717) is 0 Å². The van der Waals surface area contributed by atoms with Gasteiger partial charge in [-0.2, -0.15) is 6.92 Å². The van der Waals surface area contributed by atoms with Crippen molar-refractivity contribution in [2.75, 3.05) is 5.75 Å². The van der Waals surface area contributed by atoms with Gasteiger partial charge in [-0.15, -0.1) is 0 Å². The van der Waals surface area contributed by atoms with Gasteiger partial charge in [0.25, 0.3) is 0 Å². The van der Waals surface area contributed by atoms with E-state index in [0.717, 1.165) is 5.75 Å². The van der Waals surface area contributed by atoms with Gasteiger partial charge in [0, 0.05) is 32.7 Å². The van der Waals surface area contributed by atoms with Crippen molar-refractivity contribution >= 4 is 11.8 Å². The summed E-state index contributed by atoms with van der Waals surface area (Å²) in [4.78, 5) is 0. The van der Waals surface area contributed by atoms with Crippen LogP contribution in [0.25, 0.3) is 0 Å². The molecule has 67 valence electrons. The molecule has 0 aliphatic heterocycles. The van der Waals surface area contributed by atoms with Crippen molar-refractivity contribution in [3.05, 3.63) is 13.2 Å². The molecule has 0 fully saturated rings. The molecule has 0 atom stereocenters. The van der Waals surface area contributed by atoms with E-state index in [9.17, 15) is 0 Å². The molecule has 0 aromatic carbocycles. The Morgan fingerprint density at radius 3 is 1.20 bits per heavy atom. The van der Waals surface area contributed by atoms with Crippen LogP contribution in [0.15, 0.2) is 0 Å². The molecule has 0 saturated carbocycles.